The van der Waals surface area contributed by atoms with Crippen molar-refractivity contribution in [1.82, 2.24) is 20.1 Å². The molecule has 0 saturated carbocycles. The molecule has 1 saturated heterocycles. The number of alkyl halides is 2. The first kappa shape index (κ1) is 23.0. The smallest absolute Gasteiger partial charge is 0.387 e. The Balaban J connectivity index is 1.62. The number of rotatable bonds is 8. The first-order valence-corrected chi connectivity index (χ1v) is 11.5. The van der Waals surface area contributed by atoms with Gasteiger partial charge in [-0.2, -0.15) is 8.78 Å². The van der Waals surface area contributed by atoms with Gasteiger partial charge in [0.25, 0.3) is 5.91 Å². The number of nitrogens with zero attached hydrogens (tertiary/aromatic N) is 2. The van der Waals surface area contributed by atoms with Crippen molar-refractivity contribution >= 4 is 22.8 Å². The molecular weight excluding hydrogens is 454 g/mol. The summed E-state index contributed by atoms with van der Waals surface area (Å²) in [5.74, 6) is -0.231. The highest BCUT2D eigenvalue weighted by Gasteiger charge is 2.59. The molecule has 2 aromatic carbocycles. The maximum atomic E-state index is 13.7. The molecule has 2 aliphatic rings. The number of carbonyl (C=O) groups excluding carboxylic acids is 2. The number of hydrogen-bond donors (Lipinski definition) is 2. The molecule has 0 unspecified atom stereocenters. The molecule has 7 nitrogen and oxygen atoms in total. The van der Waals surface area contributed by atoms with Gasteiger partial charge in [-0.3, -0.25) is 14.6 Å². The van der Waals surface area contributed by atoms with Crippen molar-refractivity contribution < 1.29 is 23.1 Å². The molecule has 182 valence electrons. The van der Waals surface area contributed by atoms with E-state index in [9.17, 15) is 18.4 Å². The normalized spacial score (nSPS) is 21.5. The summed E-state index contributed by atoms with van der Waals surface area (Å²) in [5.41, 5.74) is 2.04. The summed E-state index contributed by atoms with van der Waals surface area (Å²) in [5, 5.41) is 3.83. The van der Waals surface area contributed by atoms with Crippen molar-refractivity contribution in [3.05, 3.63) is 78.0 Å². The molecule has 0 bridgehead atoms. The van der Waals surface area contributed by atoms with Crippen molar-refractivity contribution in [3.63, 3.8) is 0 Å². The molecule has 0 spiro atoms. The lowest BCUT2D eigenvalue weighted by Gasteiger charge is -2.42. The van der Waals surface area contributed by atoms with Crippen LogP contribution in [-0.4, -0.2) is 58.5 Å². The number of halogens is 2. The van der Waals surface area contributed by atoms with Gasteiger partial charge in [0.15, 0.2) is 0 Å². The van der Waals surface area contributed by atoms with E-state index in [1.165, 1.54) is 11.0 Å². The number of aromatic amines is 1. The van der Waals surface area contributed by atoms with Gasteiger partial charge in [-0.25, -0.2) is 4.79 Å². The molecule has 3 amide bonds. The Morgan fingerprint density at radius 1 is 1.26 bits per heavy atom. The number of urea groups is 1. The van der Waals surface area contributed by atoms with Crippen LogP contribution in [-0.2, 0) is 11.2 Å². The highest BCUT2D eigenvalue weighted by Crippen LogP contribution is 2.48. The number of benzene rings is 2. The zero-order chi connectivity index (χ0) is 24.7. The Morgan fingerprint density at radius 2 is 2.03 bits per heavy atom. The Kier molecular flexibility index (Phi) is 5.80. The van der Waals surface area contributed by atoms with Crippen molar-refractivity contribution in [2.75, 3.05) is 19.6 Å². The van der Waals surface area contributed by atoms with Gasteiger partial charge in [0.1, 0.15) is 17.3 Å². The Morgan fingerprint density at radius 3 is 2.74 bits per heavy atom. The van der Waals surface area contributed by atoms with Gasteiger partial charge in [0.2, 0.25) is 0 Å². The molecule has 5 rings (SSSR count). The Labute approximate surface area is 201 Å². The highest BCUT2D eigenvalue weighted by molar-refractivity contribution is 6.08. The Hall–Kier alpha value is -3.72. The molecule has 2 aliphatic heterocycles. The van der Waals surface area contributed by atoms with E-state index >= 15 is 0 Å². The van der Waals surface area contributed by atoms with E-state index < -0.39 is 18.2 Å². The lowest BCUT2D eigenvalue weighted by molar-refractivity contribution is -0.133. The minimum atomic E-state index is -2.94. The number of fused-ring (bicyclic) bond motifs is 4. The molecule has 9 heteroatoms. The van der Waals surface area contributed by atoms with E-state index in [0.717, 1.165) is 22.3 Å². The summed E-state index contributed by atoms with van der Waals surface area (Å²) in [6.07, 6.45) is 1.97. The summed E-state index contributed by atoms with van der Waals surface area (Å²) in [6.45, 7) is 3.76. The summed E-state index contributed by atoms with van der Waals surface area (Å²) in [6, 6.07) is 13.3. The van der Waals surface area contributed by atoms with Gasteiger partial charge in [0.05, 0.1) is 0 Å². The first-order chi connectivity index (χ1) is 16.8. The zero-order valence-corrected chi connectivity index (χ0v) is 19.3. The second-order valence-corrected chi connectivity index (χ2v) is 8.97. The van der Waals surface area contributed by atoms with Gasteiger partial charge < -0.3 is 15.0 Å². The van der Waals surface area contributed by atoms with Gasteiger partial charge >= 0.3 is 12.6 Å². The molecule has 2 N–H and O–H groups in total. The van der Waals surface area contributed by atoms with Crippen molar-refractivity contribution in [1.29, 1.82) is 0 Å². The van der Waals surface area contributed by atoms with Crippen LogP contribution in [0, 0.1) is 0 Å². The SMILES string of the molecule is C=CCNCCN1C(=O)N2[C@H](c3ccccc3)c3[nH]c4ccc(OC(F)F)cc4c3C[C@@]2(C)C1=O. The van der Waals surface area contributed by atoms with Crippen LogP contribution in [0.4, 0.5) is 13.6 Å². The van der Waals surface area contributed by atoms with E-state index in [4.69, 9.17) is 0 Å². The lowest BCUT2D eigenvalue weighted by Crippen LogP contribution is -2.53. The first-order valence-electron chi connectivity index (χ1n) is 11.5. The number of hydrogen-bond acceptors (Lipinski definition) is 4. The second kappa shape index (κ2) is 8.81. The average molecular weight is 481 g/mol. The number of nitrogens with one attached hydrogen (secondary N) is 2. The molecule has 3 aromatic rings. The van der Waals surface area contributed by atoms with E-state index in [2.05, 4.69) is 21.6 Å². The third kappa shape index (κ3) is 3.76. The average Bonchev–Trinajstić information content (AvgIpc) is 3.28. The molecule has 1 aromatic heterocycles. The Bertz CT molecular complexity index is 1290. The standard InChI is InChI=1S/C26H26F2N4O3/c1-3-11-29-12-13-31-23(33)26(2)15-19-18-14-17(35-24(27)28)9-10-20(18)30-21(19)22(32(26)25(31)34)16-7-5-4-6-8-16/h3-10,14,22,24,29-30H,1,11-13,15H2,2H3/t22-,26+/m1/s1. The summed E-state index contributed by atoms with van der Waals surface area (Å²) >= 11 is 0. The quantitative estimate of drug-likeness (QED) is 0.288. The fourth-order valence-corrected chi connectivity index (χ4v) is 5.24. The largest absolute Gasteiger partial charge is 0.435 e. The number of carbonyl (C=O) groups is 2. The number of ether oxygens (including phenoxy) is 1. The number of H-pyrrole nitrogens is 1. The number of amides is 3. The molecule has 0 radical (unpaired) electrons. The number of aromatic nitrogens is 1. The predicted molar refractivity (Wildman–Crippen MR) is 127 cm³/mol. The van der Waals surface area contributed by atoms with Crippen molar-refractivity contribution in [2.24, 2.45) is 0 Å². The van der Waals surface area contributed by atoms with Gasteiger partial charge in [-0.1, -0.05) is 36.4 Å². The van der Waals surface area contributed by atoms with Crippen LogP contribution >= 0.6 is 0 Å². The van der Waals surface area contributed by atoms with Crippen LogP contribution < -0.4 is 10.1 Å². The predicted octanol–water partition coefficient (Wildman–Crippen LogP) is 4.21. The van der Waals surface area contributed by atoms with E-state index in [-0.39, 0.29) is 30.7 Å². The van der Waals surface area contributed by atoms with E-state index in [0.29, 0.717) is 18.5 Å². The van der Waals surface area contributed by atoms with Crippen LogP contribution in [0.15, 0.2) is 61.2 Å². The maximum Gasteiger partial charge on any atom is 0.387 e. The fourth-order valence-electron chi connectivity index (χ4n) is 5.24. The van der Waals surface area contributed by atoms with Crippen molar-refractivity contribution in [3.8, 4) is 5.75 Å². The van der Waals surface area contributed by atoms with Crippen LogP contribution in [0.3, 0.4) is 0 Å². The van der Waals surface area contributed by atoms with Crippen LogP contribution in [0.1, 0.15) is 29.8 Å². The summed E-state index contributed by atoms with van der Waals surface area (Å²) in [7, 11) is 0. The van der Waals surface area contributed by atoms with Crippen LogP contribution in [0.25, 0.3) is 10.9 Å². The lowest BCUT2D eigenvalue weighted by atomic mass is 9.81. The van der Waals surface area contributed by atoms with E-state index in [1.54, 1.807) is 30.0 Å². The third-order valence-corrected chi connectivity index (χ3v) is 6.78. The molecular formula is C26H26F2N4O3. The van der Waals surface area contributed by atoms with E-state index in [1.807, 2.05) is 30.3 Å². The van der Waals surface area contributed by atoms with Gasteiger partial charge in [0, 0.05) is 42.7 Å². The number of imide groups is 1. The highest BCUT2D eigenvalue weighted by atomic mass is 19.3. The monoisotopic (exact) mass is 480 g/mol. The minimum absolute atomic E-state index is 0.0434. The zero-order valence-electron chi connectivity index (χ0n) is 19.3. The minimum Gasteiger partial charge on any atom is -0.435 e. The van der Waals surface area contributed by atoms with Crippen molar-refractivity contribution in [2.45, 2.75) is 31.5 Å². The topological polar surface area (TPSA) is 77.7 Å². The maximum absolute atomic E-state index is 13.7. The van der Waals surface area contributed by atoms with Crippen LogP contribution in [0.5, 0.6) is 5.75 Å². The van der Waals surface area contributed by atoms with Crippen LogP contribution in [0.2, 0.25) is 0 Å². The molecule has 2 atom stereocenters. The summed E-state index contributed by atoms with van der Waals surface area (Å²) < 4.78 is 30.3. The molecule has 0 aliphatic carbocycles. The summed E-state index contributed by atoms with van der Waals surface area (Å²) in [4.78, 5) is 33.7. The molecule has 35 heavy (non-hydrogen) atoms. The fraction of sp³-hybridized carbons (Fsp3) is 0.308. The molecule has 3 heterocycles. The second-order valence-electron chi connectivity index (χ2n) is 8.97. The third-order valence-electron chi connectivity index (χ3n) is 6.78. The van der Waals surface area contributed by atoms with Gasteiger partial charge in [-0.05, 0) is 36.2 Å². The molecule has 1 fully saturated rings. The van der Waals surface area contributed by atoms with Gasteiger partial charge in [-0.15, -0.1) is 6.58 Å².